The Morgan fingerprint density at radius 3 is 2.50 bits per heavy atom. The fraction of sp³-hybridized carbons (Fsp3) is 0.579. The Balaban J connectivity index is 1.55. The van der Waals surface area contributed by atoms with E-state index in [1.165, 1.54) is 19.3 Å². The summed E-state index contributed by atoms with van der Waals surface area (Å²) in [6.45, 7) is 2.72. The smallest absolute Gasteiger partial charge is 0.227 e. The normalized spacial score (nSPS) is 27.3. The van der Waals surface area contributed by atoms with E-state index in [1.807, 2.05) is 24.3 Å². The van der Waals surface area contributed by atoms with Crippen molar-refractivity contribution in [2.75, 3.05) is 11.4 Å². The molecule has 0 bridgehead atoms. The lowest BCUT2D eigenvalue weighted by molar-refractivity contribution is -0.127. The average molecular weight is 393 g/mol. The van der Waals surface area contributed by atoms with Crippen molar-refractivity contribution in [3.8, 4) is 0 Å². The molecule has 1 aliphatic carbocycles. The van der Waals surface area contributed by atoms with Gasteiger partial charge in [-0.15, -0.1) is 0 Å². The van der Waals surface area contributed by atoms with Gasteiger partial charge in [-0.2, -0.15) is 0 Å². The zero-order chi connectivity index (χ0) is 17.1. The van der Waals surface area contributed by atoms with Crippen LogP contribution in [-0.2, 0) is 9.59 Å². The lowest BCUT2D eigenvalue weighted by Crippen LogP contribution is -2.41. The number of hydrogen-bond acceptors (Lipinski definition) is 2. The maximum atomic E-state index is 12.5. The van der Waals surface area contributed by atoms with Gasteiger partial charge in [0.1, 0.15) is 0 Å². The Labute approximate surface area is 152 Å². The number of nitrogens with zero attached hydrogens (tertiary/aromatic N) is 1. The molecule has 24 heavy (non-hydrogen) atoms. The van der Waals surface area contributed by atoms with Gasteiger partial charge in [0, 0.05) is 29.2 Å². The summed E-state index contributed by atoms with van der Waals surface area (Å²) in [5.74, 6) is 0.666. The molecule has 2 amide bonds. The lowest BCUT2D eigenvalue weighted by atomic mass is 9.84. The SMILES string of the molecule is CCC1CCC(NC(=O)[C@H]2CC(=O)N(c3ccc(Br)cc3)C2)CC1. The van der Waals surface area contributed by atoms with Crippen LogP contribution in [0.2, 0.25) is 0 Å². The van der Waals surface area contributed by atoms with Crippen LogP contribution in [0.3, 0.4) is 0 Å². The van der Waals surface area contributed by atoms with Crippen LogP contribution in [0.15, 0.2) is 28.7 Å². The van der Waals surface area contributed by atoms with Crippen molar-refractivity contribution in [2.24, 2.45) is 11.8 Å². The van der Waals surface area contributed by atoms with Gasteiger partial charge in [-0.3, -0.25) is 9.59 Å². The molecule has 1 atom stereocenters. The maximum absolute atomic E-state index is 12.5. The first-order valence-corrected chi connectivity index (χ1v) is 9.72. The zero-order valence-electron chi connectivity index (χ0n) is 14.1. The number of carbonyl (C=O) groups is 2. The quantitative estimate of drug-likeness (QED) is 0.844. The third-order valence-corrected chi connectivity index (χ3v) is 5.93. The second-order valence-electron chi connectivity index (χ2n) is 7.02. The topological polar surface area (TPSA) is 49.4 Å². The molecule has 1 N–H and O–H groups in total. The molecule has 1 aromatic rings. The van der Waals surface area contributed by atoms with Crippen molar-refractivity contribution in [1.29, 1.82) is 0 Å². The summed E-state index contributed by atoms with van der Waals surface area (Å²) in [4.78, 5) is 26.6. The highest BCUT2D eigenvalue weighted by atomic mass is 79.9. The summed E-state index contributed by atoms with van der Waals surface area (Å²) in [7, 11) is 0. The van der Waals surface area contributed by atoms with Crippen molar-refractivity contribution in [3.63, 3.8) is 0 Å². The first kappa shape index (κ1) is 17.5. The molecule has 1 aliphatic heterocycles. The van der Waals surface area contributed by atoms with Gasteiger partial charge in [-0.1, -0.05) is 29.3 Å². The van der Waals surface area contributed by atoms with Crippen LogP contribution in [0.1, 0.15) is 45.4 Å². The summed E-state index contributed by atoms with van der Waals surface area (Å²) in [6, 6.07) is 7.95. The highest BCUT2D eigenvalue weighted by molar-refractivity contribution is 9.10. The minimum Gasteiger partial charge on any atom is -0.353 e. The molecular formula is C19H25BrN2O2. The number of hydrogen-bond donors (Lipinski definition) is 1. The molecule has 1 heterocycles. The van der Waals surface area contributed by atoms with E-state index in [1.54, 1.807) is 4.90 Å². The van der Waals surface area contributed by atoms with Gasteiger partial charge in [0.2, 0.25) is 11.8 Å². The molecule has 0 spiro atoms. The van der Waals surface area contributed by atoms with Gasteiger partial charge in [-0.05, 0) is 55.9 Å². The summed E-state index contributed by atoms with van der Waals surface area (Å²) in [5.41, 5.74) is 0.863. The Bertz CT molecular complexity index is 594. The van der Waals surface area contributed by atoms with Gasteiger partial charge in [-0.25, -0.2) is 0 Å². The Hall–Kier alpha value is -1.36. The summed E-state index contributed by atoms with van der Waals surface area (Å²) in [5, 5.41) is 3.18. The molecule has 0 unspecified atom stereocenters. The standard InChI is InChI=1S/C19H25BrN2O2/c1-2-13-3-7-16(8-4-13)21-19(24)14-11-18(23)22(12-14)17-9-5-15(20)6-10-17/h5-6,9-10,13-14,16H,2-4,7-8,11-12H2,1H3,(H,21,24)/t13?,14-,16?/m0/s1. The highest BCUT2D eigenvalue weighted by Gasteiger charge is 2.36. The van der Waals surface area contributed by atoms with Crippen LogP contribution in [0.5, 0.6) is 0 Å². The maximum Gasteiger partial charge on any atom is 0.227 e. The predicted molar refractivity (Wildman–Crippen MR) is 98.8 cm³/mol. The van der Waals surface area contributed by atoms with Crippen molar-refractivity contribution < 1.29 is 9.59 Å². The first-order valence-electron chi connectivity index (χ1n) is 8.93. The predicted octanol–water partition coefficient (Wildman–Crippen LogP) is 3.89. The van der Waals surface area contributed by atoms with E-state index in [2.05, 4.69) is 28.2 Å². The van der Waals surface area contributed by atoms with Gasteiger partial charge >= 0.3 is 0 Å². The van der Waals surface area contributed by atoms with Crippen LogP contribution in [0.4, 0.5) is 5.69 Å². The van der Waals surface area contributed by atoms with E-state index in [-0.39, 0.29) is 23.8 Å². The van der Waals surface area contributed by atoms with Crippen LogP contribution in [0, 0.1) is 11.8 Å². The lowest BCUT2D eigenvalue weighted by Gasteiger charge is -2.29. The zero-order valence-corrected chi connectivity index (χ0v) is 15.7. The highest BCUT2D eigenvalue weighted by Crippen LogP contribution is 2.29. The van der Waals surface area contributed by atoms with E-state index in [9.17, 15) is 9.59 Å². The summed E-state index contributed by atoms with van der Waals surface area (Å²) < 4.78 is 0.981. The molecule has 1 saturated heterocycles. The second kappa shape index (κ2) is 7.68. The molecule has 1 saturated carbocycles. The van der Waals surface area contributed by atoms with E-state index < -0.39 is 0 Å². The minimum atomic E-state index is -0.231. The molecule has 0 aromatic heterocycles. The van der Waals surface area contributed by atoms with Crippen LogP contribution in [0.25, 0.3) is 0 Å². The number of amides is 2. The van der Waals surface area contributed by atoms with Crippen molar-refractivity contribution in [3.05, 3.63) is 28.7 Å². The van der Waals surface area contributed by atoms with Crippen LogP contribution in [-0.4, -0.2) is 24.4 Å². The molecule has 3 rings (SSSR count). The Morgan fingerprint density at radius 1 is 1.21 bits per heavy atom. The van der Waals surface area contributed by atoms with Gasteiger partial charge < -0.3 is 10.2 Å². The van der Waals surface area contributed by atoms with Crippen molar-refractivity contribution in [1.82, 2.24) is 5.32 Å². The Morgan fingerprint density at radius 2 is 1.88 bits per heavy atom. The largest absolute Gasteiger partial charge is 0.353 e. The van der Waals surface area contributed by atoms with E-state index in [0.29, 0.717) is 13.0 Å². The van der Waals surface area contributed by atoms with Gasteiger partial charge in [0.15, 0.2) is 0 Å². The molecule has 130 valence electrons. The third-order valence-electron chi connectivity index (χ3n) is 5.40. The average Bonchev–Trinajstić information content (AvgIpc) is 2.98. The molecular weight excluding hydrogens is 368 g/mol. The fourth-order valence-electron chi connectivity index (χ4n) is 3.79. The molecule has 1 aromatic carbocycles. The van der Waals surface area contributed by atoms with Crippen LogP contribution >= 0.6 is 15.9 Å². The van der Waals surface area contributed by atoms with E-state index >= 15 is 0 Å². The number of nitrogens with one attached hydrogen (secondary N) is 1. The fourth-order valence-corrected chi connectivity index (χ4v) is 4.05. The molecule has 2 aliphatic rings. The van der Waals surface area contributed by atoms with Crippen LogP contribution < -0.4 is 10.2 Å². The van der Waals surface area contributed by atoms with Crippen molar-refractivity contribution >= 4 is 33.4 Å². The van der Waals surface area contributed by atoms with Crippen molar-refractivity contribution in [2.45, 2.75) is 51.5 Å². The molecule has 4 nitrogen and oxygen atoms in total. The number of benzene rings is 1. The molecule has 0 radical (unpaired) electrons. The van der Waals surface area contributed by atoms with Gasteiger partial charge in [0.25, 0.3) is 0 Å². The second-order valence-corrected chi connectivity index (χ2v) is 7.93. The number of carbonyl (C=O) groups excluding carboxylic acids is 2. The number of anilines is 1. The summed E-state index contributed by atoms with van der Waals surface area (Å²) >= 11 is 3.40. The van der Waals surface area contributed by atoms with Gasteiger partial charge in [0.05, 0.1) is 5.92 Å². The number of halogens is 1. The first-order chi connectivity index (χ1) is 11.6. The van der Waals surface area contributed by atoms with E-state index in [0.717, 1.165) is 28.9 Å². The number of rotatable bonds is 4. The van der Waals surface area contributed by atoms with E-state index in [4.69, 9.17) is 0 Å². The third kappa shape index (κ3) is 4.00. The molecule has 5 heteroatoms. The summed E-state index contributed by atoms with van der Waals surface area (Å²) in [6.07, 6.45) is 6.10. The minimum absolute atomic E-state index is 0.0344. The molecule has 2 fully saturated rings. The monoisotopic (exact) mass is 392 g/mol. The Kier molecular flexibility index (Phi) is 5.59.